The molecule has 0 fully saturated rings. The lowest BCUT2D eigenvalue weighted by Gasteiger charge is -2.21. The number of nitrogens with two attached hydrogens (primary N) is 1. The number of primary amides is 1. The van der Waals surface area contributed by atoms with Crippen molar-refractivity contribution < 1.29 is 29.1 Å². The SMILES string of the molecule is NC(=O)C(CS)NNC(=O)C(Cc1cnc[nH]1)NCCCCN(C=O)C(=O)CCCCCCCCCCCCCCCCCCC(=O)O. The van der Waals surface area contributed by atoms with Gasteiger partial charge in [0.05, 0.1) is 12.4 Å². The molecule has 0 spiro atoms. The van der Waals surface area contributed by atoms with Crippen LogP contribution in [0.1, 0.15) is 134 Å². The van der Waals surface area contributed by atoms with Crippen molar-refractivity contribution in [2.45, 2.75) is 147 Å². The number of aromatic nitrogens is 2. The summed E-state index contributed by atoms with van der Waals surface area (Å²) in [6, 6.07) is -1.42. The van der Waals surface area contributed by atoms with Crippen LogP contribution in [-0.4, -0.2) is 81.0 Å². The van der Waals surface area contributed by atoms with E-state index in [0.717, 1.165) is 44.2 Å². The zero-order valence-electron chi connectivity index (χ0n) is 28.8. The Morgan fingerprint density at radius 2 is 1.38 bits per heavy atom. The molecule has 0 aliphatic rings. The second-order valence-electron chi connectivity index (χ2n) is 12.5. The van der Waals surface area contributed by atoms with Crippen LogP contribution in [0.3, 0.4) is 0 Å². The number of nitrogens with zero attached hydrogens (tertiary/aromatic N) is 2. The van der Waals surface area contributed by atoms with Crippen molar-refractivity contribution in [3.8, 4) is 0 Å². The van der Waals surface area contributed by atoms with Crippen LogP contribution in [0.15, 0.2) is 12.5 Å². The zero-order valence-corrected chi connectivity index (χ0v) is 29.7. The number of carbonyl (C=O) groups excluding carboxylic acids is 4. The van der Waals surface area contributed by atoms with Gasteiger partial charge in [0.25, 0.3) is 5.91 Å². The number of hydrogen-bond donors (Lipinski definition) is 7. The number of nitrogens with one attached hydrogen (secondary N) is 4. The molecular formula is C34H61N7O6S. The lowest BCUT2D eigenvalue weighted by molar-refractivity contribution is -0.139. The van der Waals surface area contributed by atoms with Crippen molar-refractivity contribution in [3.05, 3.63) is 18.2 Å². The Bertz CT molecular complexity index is 1010. The van der Waals surface area contributed by atoms with Crippen molar-refractivity contribution in [3.63, 3.8) is 0 Å². The summed E-state index contributed by atoms with van der Waals surface area (Å²) < 4.78 is 0. The maximum Gasteiger partial charge on any atom is 0.303 e. The van der Waals surface area contributed by atoms with Crippen LogP contribution in [0.5, 0.6) is 0 Å². The van der Waals surface area contributed by atoms with Crippen molar-refractivity contribution in [2.24, 2.45) is 5.73 Å². The molecular weight excluding hydrogens is 634 g/mol. The van der Waals surface area contributed by atoms with Crippen LogP contribution in [-0.2, 0) is 30.4 Å². The average molecular weight is 696 g/mol. The molecule has 1 aromatic rings. The van der Waals surface area contributed by atoms with E-state index in [1.54, 1.807) is 6.20 Å². The highest BCUT2D eigenvalue weighted by atomic mass is 32.1. The second kappa shape index (κ2) is 29.0. The maximum atomic E-state index is 12.8. The summed E-state index contributed by atoms with van der Waals surface area (Å²) in [5.74, 6) is -1.71. The number of hydrazine groups is 1. The minimum atomic E-state index is -0.805. The monoisotopic (exact) mass is 695 g/mol. The molecule has 4 amide bonds. The summed E-state index contributed by atoms with van der Waals surface area (Å²) in [6.45, 7) is 0.817. The van der Waals surface area contributed by atoms with Crippen LogP contribution in [0, 0.1) is 0 Å². The van der Waals surface area contributed by atoms with Gasteiger partial charge in [0.1, 0.15) is 6.04 Å². The fourth-order valence-corrected chi connectivity index (χ4v) is 5.69. The van der Waals surface area contributed by atoms with Crippen LogP contribution in [0.4, 0.5) is 0 Å². The number of aromatic amines is 1. The molecule has 1 heterocycles. The lowest BCUT2D eigenvalue weighted by Crippen LogP contribution is -2.56. The normalized spacial score (nSPS) is 12.4. The number of rotatable bonds is 33. The van der Waals surface area contributed by atoms with E-state index < -0.39 is 24.0 Å². The first kappa shape index (κ1) is 43.1. The molecule has 0 aromatic carbocycles. The highest BCUT2D eigenvalue weighted by Crippen LogP contribution is 2.14. The van der Waals surface area contributed by atoms with Gasteiger partial charge in [-0.25, -0.2) is 10.4 Å². The molecule has 7 N–H and O–H groups in total. The molecule has 2 atom stereocenters. The van der Waals surface area contributed by atoms with Gasteiger partial charge in [-0.15, -0.1) is 0 Å². The molecule has 48 heavy (non-hydrogen) atoms. The number of aliphatic carboxylic acids is 1. The largest absolute Gasteiger partial charge is 0.481 e. The standard InChI is InChI=1S/C34H61N7O6S/c35-33(46)30(25-48)39-40-34(47)29(23-28-24-36-26-38-28)37-21-17-18-22-41(27-42)31(43)19-15-13-11-9-7-5-3-1-2-4-6-8-10-12-14-16-20-32(44)45/h24,26-27,29-30,37,39,48H,1-23,25H2,(H2,35,46)(H,36,38)(H,40,47)(H,44,45). The number of H-pyrrole nitrogens is 1. The lowest BCUT2D eigenvalue weighted by atomic mass is 10.0. The number of thiol groups is 1. The van der Waals surface area contributed by atoms with Crippen LogP contribution < -0.4 is 21.9 Å². The Morgan fingerprint density at radius 3 is 1.83 bits per heavy atom. The van der Waals surface area contributed by atoms with Crippen LogP contribution in [0.2, 0.25) is 0 Å². The van der Waals surface area contributed by atoms with Gasteiger partial charge in [0.2, 0.25) is 18.2 Å². The third-order valence-electron chi connectivity index (χ3n) is 8.39. The fourth-order valence-electron chi connectivity index (χ4n) is 5.42. The predicted molar refractivity (Wildman–Crippen MR) is 190 cm³/mol. The van der Waals surface area contributed by atoms with Crippen LogP contribution >= 0.6 is 12.6 Å². The molecule has 0 radical (unpaired) electrons. The summed E-state index contributed by atoms with van der Waals surface area (Å²) in [4.78, 5) is 67.0. The van der Waals surface area contributed by atoms with E-state index in [9.17, 15) is 24.0 Å². The Labute approximate surface area is 292 Å². The molecule has 0 aliphatic carbocycles. The summed E-state index contributed by atoms with van der Waals surface area (Å²) in [7, 11) is 0. The molecule has 1 aromatic heterocycles. The van der Waals surface area contributed by atoms with Crippen molar-refractivity contribution in [1.29, 1.82) is 0 Å². The number of unbranched alkanes of at least 4 members (excludes halogenated alkanes) is 16. The van der Waals surface area contributed by atoms with Gasteiger partial charge in [-0.1, -0.05) is 89.9 Å². The Balaban J connectivity index is 2.10. The van der Waals surface area contributed by atoms with E-state index in [1.807, 2.05) is 0 Å². The summed E-state index contributed by atoms with van der Waals surface area (Å²) in [5, 5.41) is 11.8. The first-order chi connectivity index (χ1) is 23.3. The number of imidazole rings is 1. The van der Waals surface area contributed by atoms with Crippen LogP contribution in [0.25, 0.3) is 0 Å². The Kier molecular flexibility index (Phi) is 26.0. The fraction of sp³-hybridized carbons (Fsp3) is 0.765. The van der Waals surface area contributed by atoms with Gasteiger partial charge >= 0.3 is 5.97 Å². The van der Waals surface area contributed by atoms with Gasteiger partial charge in [-0.05, 0) is 32.2 Å². The molecule has 0 bridgehead atoms. The Hall–Kier alpha value is -2.97. The van der Waals surface area contributed by atoms with E-state index in [2.05, 4.69) is 38.8 Å². The van der Waals surface area contributed by atoms with Gasteiger partial charge in [0, 0.05) is 43.5 Å². The third-order valence-corrected chi connectivity index (χ3v) is 8.75. The van der Waals surface area contributed by atoms with E-state index in [-0.39, 0.29) is 17.6 Å². The summed E-state index contributed by atoms with van der Waals surface area (Å²) in [5.41, 5.74) is 11.2. The van der Waals surface area contributed by atoms with E-state index in [4.69, 9.17) is 10.8 Å². The molecule has 0 saturated carbocycles. The molecule has 0 saturated heterocycles. The zero-order chi connectivity index (χ0) is 35.2. The predicted octanol–water partition coefficient (Wildman–Crippen LogP) is 4.19. The number of carboxylic acid groups (broad SMARTS) is 1. The number of carbonyl (C=O) groups is 5. The molecule has 1 rings (SSSR count). The minimum Gasteiger partial charge on any atom is -0.481 e. The quantitative estimate of drug-likeness (QED) is 0.0244. The van der Waals surface area contributed by atoms with Crippen molar-refractivity contribution >= 4 is 42.7 Å². The smallest absolute Gasteiger partial charge is 0.303 e. The number of carboxylic acids is 1. The van der Waals surface area contributed by atoms with E-state index >= 15 is 0 Å². The van der Waals surface area contributed by atoms with E-state index in [0.29, 0.717) is 51.6 Å². The van der Waals surface area contributed by atoms with Gasteiger partial charge in [-0.2, -0.15) is 12.6 Å². The van der Waals surface area contributed by atoms with Gasteiger partial charge < -0.3 is 21.1 Å². The second-order valence-corrected chi connectivity index (χ2v) is 12.9. The highest BCUT2D eigenvalue weighted by molar-refractivity contribution is 7.80. The molecule has 0 aliphatic heterocycles. The first-order valence-corrected chi connectivity index (χ1v) is 18.5. The minimum absolute atomic E-state index is 0.130. The topological polar surface area (TPSA) is 200 Å². The molecule has 13 nitrogen and oxygen atoms in total. The summed E-state index contributed by atoms with van der Waals surface area (Å²) >= 11 is 4.06. The first-order valence-electron chi connectivity index (χ1n) is 17.9. The van der Waals surface area contributed by atoms with E-state index in [1.165, 1.54) is 75.4 Å². The summed E-state index contributed by atoms with van der Waals surface area (Å²) in [6.07, 6.45) is 24.5. The number of amides is 4. The number of imide groups is 1. The third kappa shape index (κ3) is 22.6. The number of hydrogen-bond acceptors (Lipinski definition) is 9. The molecule has 2 unspecified atom stereocenters. The molecule has 14 heteroatoms. The Morgan fingerprint density at radius 1 is 0.833 bits per heavy atom. The van der Waals surface area contributed by atoms with Gasteiger partial charge in [0.15, 0.2) is 0 Å². The van der Waals surface area contributed by atoms with Crippen molar-refractivity contribution in [2.75, 3.05) is 18.8 Å². The maximum absolute atomic E-state index is 12.8. The highest BCUT2D eigenvalue weighted by Gasteiger charge is 2.21. The molecule has 274 valence electrons. The van der Waals surface area contributed by atoms with Gasteiger partial charge in [-0.3, -0.25) is 34.3 Å². The van der Waals surface area contributed by atoms with Crippen molar-refractivity contribution in [1.82, 2.24) is 31.0 Å². The average Bonchev–Trinajstić information content (AvgIpc) is 3.58.